The highest BCUT2D eigenvalue weighted by molar-refractivity contribution is 6.42. The summed E-state index contributed by atoms with van der Waals surface area (Å²) in [6.07, 6.45) is 1.12. The van der Waals surface area contributed by atoms with E-state index in [9.17, 15) is 0 Å². The molecule has 20 heavy (non-hydrogen) atoms. The molecule has 1 N–H and O–H groups in total. The molecule has 0 spiro atoms. The summed E-state index contributed by atoms with van der Waals surface area (Å²) in [7, 11) is 0. The van der Waals surface area contributed by atoms with Crippen molar-refractivity contribution in [2.24, 2.45) is 0 Å². The molecule has 2 nitrogen and oxygen atoms in total. The number of hydrogen-bond acceptors (Lipinski definition) is 2. The van der Waals surface area contributed by atoms with Gasteiger partial charge in [-0.25, -0.2) is 0 Å². The van der Waals surface area contributed by atoms with Crippen LogP contribution < -0.4 is 10.2 Å². The normalized spacial score (nSPS) is 18.2. The number of halogens is 2. The molecule has 0 radical (unpaired) electrons. The van der Waals surface area contributed by atoms with E-state index in [4.69, 9.17) is 23.2 Å². The number of hydrogen-bond donors (Lipinski definition) is 1. The molecule has 1 aliphatic heterocycles. The molecule has 2 aromatic rings. The fraction of sp³-hybridized carbons (Fsp3) is 0.250. The Morgan fingerprint density at radius 1 is 0.950 bits per heavy atom. The Morgan fingerprint density at radius 3 is 2.40 bits per heavy atom. The monoisotopic (exact) mass is 306 g/mol. The van der Waals surface area contributed by atoms with Crippen LogP contribution in [0.5, 0.6) is 0 Å². The molecular weight excluding hydrogens is 291 g/mol. The third-order valence-electron chi connectivity index (χ3n) is 3.62. The standard InChI is InChI=1S/C16H16Cl2N2/c17-15-7-6-13(10-16(15)18)20(14-8-9-19-11-14)12-4-2-1-3-5-12/h1-7,10,14,19H,8-9,11H2. The van der Waals surface area contributed by atoms with Crippen LogP contribution in [0.15, 0.2) is 48.5 Å². The van der Waals surface area contributed by atoms with E-state index in [0.717, 1.165) is 25.2 Å². The van der Waals surface area contributed by atoms with Gasteiger partial charge < -0.3 is 10.2 Å². The third-order valence-corrected chi connectivity index (χ3v) is 4.35. The Hall–Kier alpha value is -1.22. The Kier molecular flexibility index (Phi) is 4.16. The summed E-state index contributed by atoms with van der Waals surface area (Å²) in [5.41, 5.74) is 2.26. The fourth-order valence-corrected chi connectivity index (χ4v) is 2.95. The quantitative estimate of drug-likeness (QED) is 0.898. The van der Waals surface area contributed by atoms with Gasteiger partial charge >= 0.3 is 0 Å². The molecule has 2 aromatic carbocycles. The number of para-hydroxylation sites is 1. The number of nitrogens with zero attached hydrogens (tertiary/aromatic N) is 1. The SMILES string of the molecule is Clc1ccc(N(c2ccccc2)C2CCNC2)cc1Cl. The first kappa shape index (κ1) is 13.7. The first-order valence-electron chi connectivity index (χ1n) is 6.76. The van der Waals surface area contributed by atoms with Crippen molar-refractivity contribution in [1.82, 2.24) is 5.32 Å². The second kappa shape index (κ2) is 6.04. The van der Waals surface area contributed by atoms with Crippen molar-refractivity contribution in [2.75, 3.05) is 18.0 Å². The molecule has 0 aromatic heterocycles. The van der Waals surface area contributed by atoms with Crippen molar-refractivity contribution in [3.05, 3.63) is 58.6 Å². The molecule has 1 saturated heterocycles. The summed E-state index contributed by atoms with van der Waals surface area (Å²) < 4.78 is 0. The van der Waals surface area contributed by atoms with Crippen LogP contribution >= 0.6 is 23.2 Å². The molecule has 3 rings (SSSR count). The average Bonchev–Trinajstić information content (AvgIpc) is 2.98. The van der Waals surface area contributed by atoms with Gasteiger partial charge in [0.25, 0.3) is 0 Å². The summed E-state index contributed by atoms with van der Waals surface area (Å²) in [6, 6.07) is 16.7. The van der Waals surface area contributed by atoms with E-state index in [1.807, 2.05) is 24.3 Å². The molecule has 1 atom stereocenters. The number of nitrogens with one attached hydrogen (secondary N) is 1. The minimum Gasteiger partial charge on any atom is -0.337 e. The van der Waals surface area contributed by atoms with Crippen LogP contribution in [0.4, 0.5) is 11.4 Å². The Labute approximate surface area is 129 Å². The summed E-state index contributed by atoms with van der Waals surface area (Å²) >= 11 is 12.2. The first-order valence-corrected chi connectivity index (χ1v) is 7.51. The van der Waals surface area contributed by atoms with Crippen molar-refractivity contribution in [3.63, 3.8) is 0 Å². The zero-order valence-corrected chi connectivity index (χ0v) is 12.5. The number of rotatable bonds is 3. The van der Waals surface area contributed by atoms with Gasteiger partial charge in [0, 0.05) is 24.0 Å². The molecule has 104 valence electrons. The smallest absolute Gasteiger partial charge is 0.0613 e. The van der Waals surface area contributed by atoms with E-state index in [-0.39, 0.29) is 0 Å². The lowest BCUT2D eigenvalue weighted by molar-refractivity contribution is 0.712. The zero-order valence-electron chi connectivity index (χ0n) is 11.0. The minimum absolute atomic E-state index is 0.439. The Bertz CT molecular complexity index is 580. The Balaban J connectivity index is 2.02. The zero-order chi connectivity index (χ0) is 13.9. The second-order valence-corrected chi connectivity index (χ2v) is 5.76. The number of benzene rings is 2. The van der Waals surface area contributed by atoms with Gasteiger partial charge in [0.1, 0.15) is 0 Å². The van der Waals surface area contributed by atoms with Crippen molar-refractivity contribution >= 4 is 34.6 Å². The topological polar surface area (TPSA) is 15.3 Å². The van der Waals surface area contributed by atoms with Gasteiger partial charge in [0.2, 0.25) is 0 Å². The largest absolute Gasteiger partial charge is 0.337 e. The van der Waals surface area contributed by atoms with Gasteiger partial charge in [-0.05, 0) is 43.3 Å². The van der Waals surface area contributed by atoms with Gasteiger partial charge in [-0.15, -0.1) is 0 Å². The summed E-state index contributed by atoms with van der Waals surface area (Å²) in [5, 5.41) is 4.60. The van der Waals surface area contributed by atoms with Crippen molar-refractivity contribution in [2.45, 2.75) is 12.5 Å². The van der Waals surface area contributed by atoms with E-state index >= 15 is 0 Å². The number of anilines is 2. The lowest BCUT2D eigenvalue weighted by Crippen LogP contribution is -2.32. The van der Waals surface area contributed by atoms with Crippen molar-refractivity contribution < 1.29 is 0 Å². The van der Waals surface area contributed by atoms with Crippen LogP contribution in [0.25, 0.3) is 0 Å². The lowest BCUT2D eigenvalue weighted by Gasteiger charge is -2.31. The summed E-state index contributed by atoms with van der Waals surface area (Å²) in [6.45, 7) is 2.03. The second-order valence-electron chi connectivity index (χ2n) is 4.95. The van der Waals surface area contributed by atoms with Crippen molar-refractivity contribution in [1.29, 1.82) is 0 Å². The minimum atomic E-state index is 0.439. The maximum Gasteiger partial charge on any atom is 0.0613 e. The van der Waals surface area contributed by atoms with E-state index < -0.39 is 0 Å². The molecule has 1 aliphatic rings. The molecule has 1 heterocycles. The van der Waals surface area contributed by atoms with Gasteiger partial charge in [-0.2, -0.15) is 0 Å². The third kappa shape index (κ3) is 2.78. The van der Waals surface area contributed by atoms with E-state index in [1.54, 1.807) is 0 Å². The van der Waals surface area contributed by atoms with Crippen LogP contribution in [0.1, 0.15) is 6.42 Å². The lowest BCUT2D eigenvalue weighted by atomic mass is 10.1. The van der Waals surface area contributed by atoms with Crippen LogP contribution in [0.2, 0.25) is 10.0 Å². The Morgan fingerprint density at radius 2 is 1.75 bits per heavy atom. The van der Waals surface area contributed by atoms with Crippen LogP contribution in [-0.2, 0) is 0 Å². The average molecular weight is 307 g/mol. The highest BCUT2D eigenvalue weighted by Gasteiger charge is 2.24. The van der Waals surface area contributed by atoms with Crippen molar-refractivity contribution in [3.8, 4) is 0 Å². The maximum absolute atomic E-state index is 6.18. The summed E-state index contributed by atoms with van der Waals surface area (Å²) in [5.74, 6) is 0. The van der Waals surface area contributed by atoms with Crippen LogP contribution in [-0.4, -0.2) is 19.1 Å². The molecule has 1 unspecified atom stereocenters. The van der Waals surface area contributed by atoms with Gasteiger partial charge in [0.05, 0.1) is 10.0 Å². The van der Waals surface area contributed by atoms with E-state index in [2.05, 4.69) is 34.5 Å². The molecule has 0 saturated carbocycles. The van der Waals surface area contributed by atoms with Gasteiger partial charge in [0.15, 0.2) is 0 Å². The van der Waals surface area contributed by atoms with Gasteiger partial charge in [-0.1, -0.05) is 41.4 Å². The maximum atomic E-state index is 6.18. The molecule has 1 fully saturated rings. The molecular formula is C16H16Cl2N2. The van der Waals surface area contributed by atoms with Gasteiger partial charge in [-0.3, -0.25) is 0 Å². The summed E-state index contributed by atoms with van der Waals surface area (Å²) in [4.78, 5) is 2.34. The highest BCUT2D eigenvalue weighted by atomic mass is 35.5. The predicted molar refractivity (Wildman–Crippen MR) is 86.3 cm³/mol. The van der Waals surface area contributed by atoms with Crippen LogP contribution in [0.3, 0.4) is 0 Å². The predicted octanol–water partition coefficient (Wildman–Crippen LogP) is 4.49. The molecule has 4 heteroatoms. The highest BCUT2D eigenvalue weighted by Crippen LogP contribution is 2.34. The van der Waals surface area contributed by atoms with E-state index in [0.29, 0.717) is 16.1 Å². The first-order chi connectivity index (χ1) is 9.75. The molecule has 0 bridgehead atoms. The molecule has 0 aliphatic carbocycles. The fourth-order valence-electron chi connectivity index (χ4n) is 2.65. The molecule has 0 amide bonds. The van der Waals surface area contributed by atoms with Crippen LogP contribution in [0, 0.1) is 0 Å². The van der Waals surface area contributed by atoms with E-state index in [1.165, 1.54) is 5.69 Å².